The minimum absolute atomic E-state index is 0. The van der Waals surface area contributed by atoms with Crippen LogP contribution in [0.3, 0.4) is 0 Å². The van der Waals surface area contributed by atoms with Crippen molar-refractivity contribution in [3.8, 4) is 0 Å². The number of hydrogen-bond acceptors (Lipinski definition) is 0. The number of benzene rings is 6. The Morgan fingerprint density at radius 1 is 0.441 bits per heavy atom. The molecule has 0 radical (unpaired) electrons. The zero-order valence-corrected chi connectivity index (χ0v) is 48.0. The maximum absolute atomic E-state index is 3.35. The summed E-state index contributed by atoms with van der Waals surface area (Å²) in [5, 5.41) is 13.8. The number of halogens is 2. The Morgan fingerprint density at radius 2 is 0.735 bits per heavy atom. The van der Waals surface area contributed by atoms with Crippen molar-refractivity contribution in [3.05, 3.63) is 242 Å². The van der Waals surface area contributed by atoms with Crippen molar-refractivity contribution >= 4 is 69.2 Å². The van der Waals surface area contributed by atoms with Gasteiger partial charge in [0.05, 0.1) is 0 Å². The second-order valence-electron chi connectivity index (χ2n) is 16.6. The molecule has 2 aliphatic rings. The van der Waals surface area contributed by atoms with Crippen molar-refractivity contribution in [2.75, 3.05) is 0 Å². The minimum atomic E-state index is -0.493. The summed E-state index contributed by atoms with van der Waals surface area (Å²) in [4.78, 5) is 0. The van der Waals surface area contributed by atoms with Crippen LogP contribution in [0, 0.1) is 24.0 Å². The normalized spacial score (nSPS) is 12.9. The molecule has 0 bridgehead atoms. The summed E-state index contributed by atoms with van der Waals surface area (Å²) in [5.41, 5.74) is 2.84. The van der Waals surface area contributed by atoms with Gasteiger partial charge in [0.15, 0.2) is 0 Å². The molecule has 0 saturated carbocycles. The summed E-state index contributed by atoms with van der Waals surface area (Å²) in [6, 6.07) is 70.0. The first-order valence-corrected chi connectivity index (χ1v) is 25.9. The number of fused-ring (bicyclic) bond motifs is 2. The van der Waals surface area contributed by atoms with Gasteiger partial charge in [0.25, 0.3) is 0 Å². The van der Waals surface area contributed by atoms with E-state index in [0.717, 1.165) is 24.7 Å². The van der Waals surface area contributed by atoms with Crippen LogP contribution in [-0.2, 0) is 52.4 Å². The Hall–Kier alpha value is -3.29. The van der Waals surface area contributed by atoms with E-state index in [1.165, 1.54) is 90.2 Å². The van der Waals surface area contributed by atoms with Crippen LogP contribution < -0.4 is 56.6 Å². The van der Waals surface area contributed by atoms with Crippen LogP contribution in [0.5, 0.6) is 0 Å². The predicted molar refractivity (Wildman–Crippen MR) is 286 cm³/mol. The Balaban J connectivity index is 0.000000251. The number of rotatable bonds is 12. The van der Waals surface area contributed by atoms with Crippen LogP contribution in [0.15, 0.2) is 230 Å². The first-order valence-electron chi connectivity index (χ1n) is 23.2. The van der Waals surface area contributed by atoms with Crippen molar-refractivity contribution in [1.82, 2.24) is 0 Å². The van der Waals surface area contributed by atoms with Crippen molar-refractivity contribution in [2.45, 2.75) is 66.2 Å². The van der Waals surface area contributed by atoms with Crippen molar-refractivity contribution in [2.24, 2.45) is 11.8 Å². The van der Waals surface area contributed by atoms with E-state index in [2.05, 4.69) is 258 Å². The number of hydrogen-bond donors (Lipinski definition) is 0. The first kappa shape index (κ1) is 59.0. The molecule has 2 atom stereocenters. The average Bonchev–Trinajstić information content (AvgIpc) is 4.20. The molecule has 6 heteroatoms. The Labute approximate surface area is 461 Å². The largest absolute Gasteiger partial charge is 2.00 e. The average molecular weight is 1120 g/mol. The van der Waals surface area contributed by atoms with Gasteiger partial charge < -0.3 is 24.8 Å². The van der Waals surface area contributed by atoms with Gasteiger partial charge >= 0.3 is 52.4 Å². The fraction of sp³-hybridized carbons (Fsp3) is 0.194. The molecule has 0 saturated heterocycles. The molecule has 68 heavy (non-hydrogen) atoms. The molecule has 0 amide bonds. The zero-order chi connectivity index (χ0) is 44.4. The summed E-state index contributed by atoms with van der Waals surface area (Å²) < 4.78 is 0. The molecule has 2 unspecified atom stereocenters. The monoisotopic (exact) mass is 1120 g/mol. The van der Waals surface area contributed by atoms with Crippen LogP contribution in [0.4, 0.5) is 0 Å². The molecular weight excluding hydrogens is 1060 g/mol. The molecule has 344 valence electrons. The van der Waals surface area contributed by atoms with Gasteiger partial charge in [-0.15, -0.1) is 93.5 Å². The van der Waals surface area contributed by atoms with Crippen LogP contribution in [0.25, 0.3) is 21.5 Å². The third kappa shape index (κ3) is 16.9. The molecule has 0 aliphatic heterocycles. The van der Waals surface area contributed by atoms with Gasteiger partial charge in [0, 0.05) is 0 Å². The van der Waals surface area contributed by atoms with Crippen molar-refractivity contribution in [1.29, 1.82) is 0 Å². The first-order chi connectivity index (χ1) is 31.5. The van der Waals surface area contributed by atoms with E-state index in [0.29, 0.717) is 0 Å². The van der Waals surface area contributed by atoms with Gasteiger partial charge in [-0.3, -0.25) is 12.2 Å². The second-order valence-corrected chi connectivity index (χ2v) is 21.0. The molecule has 0 N–H and O–H groups in total. The summed E-state index contributed by atoms with van der Waals surface area (Å²) >= 11 is 0. The molecule has 0 heterocycles. The number of allylic oxidation sites excluding steroid dienone is 8. The van der Waals surface area contributed by atoms with Crippen molar-refractivity contribution < 1.29 is 77.2 Å². The smallest absolute Gasteiger partial charge is 1.00 e. The van der Waals surface area contributed by atoms with E-state index in [1.807, 2.05) is 0 Å². The molecule has 2 aliphatic carbocycles. The molecule has 0 nitrogen and oxygen atoms in total. The van der Waals surface area contributed by atoms with Gasteiger partial charge in [-0.2, -0.15) is 24.3 Å². The van der Waals surface area contributed by atoms with Gasteiger partial charge in [-0.25, -0.2) is 23.3 Å². The Bertz CT molecular complexity index is 2400. The molecule has 0 aromatic heterocycles. The quantitative estimate of drug-likeness (QED) is 0.0849. The topological polar surface area (TPSA) is 0 Å². The predicted octanol–water partition coefficient (Wildman–Crippen LogP) is 8.86. The summed E-state index contributed by atoms with van der Waals surface area (Å²) in [6.45, 7) is 9.02. The standard InChI is InChI=1S/2C21H16P.2C10H15.2ClH.2Zr/c2*1-3-11-19(12-4-1)22(20-13-5-2-6-14-20)21-15-17-9-7-8-10-18(17)16-21;2*1-3-6-9(2)10-7-4-5-8-10;;;;/h2*1-16H;2*4,7,9H,3,5-6H2,1-2H3;2*1H;;/q4*-1;;;2*+2/p-2. The summed E-state index contributed by atoms with van der Waals surface area (Å²) in [6.07, 6.45) is 22.7. The van der Waals surface area contributed by atoms with Crippen LogP contribution >= 0.6 is 15.8 Å². The maximum atomic E-state index is 3.35. The van der Waals surface area contributed by atoms with E-state index in [4.69, 9.17) is 0 Å². The van der Waals surface area contributed by atoms with E-state index in [9.17, 15) is 0 Å². The van der Waals surface area contributed by atoms with E-state index in [-0.39, 0.29) is 77.2 Å². The minimum Gasteiger partial charge on any atom is -1.00 e. The molecule has 8 aromatic carbocycles. The maximum Gasteiger partial charge on any atom is 2.00 e. The third-order valence-electron chi connectivity index (χ3n) is 11.7. The molecular formula is C62H62Cl2P2Zr2-2. The van der Waals surface area contributed by atoms with Crippen LogP contribution in [-0.4, -0.2) is 0 Å². The molecule has 0 fully saturated rings. The molecule has 0 spiro atoms. The fourth-order valence-electron chi connectivity index (χ4n) is 8.43. The van der Waals surface area contributed by atoms with Gasteiger partial charge in [0.2, 0.25) is 0 Å². The SMILES string of the molecule is CCCC(C)C1=[C-]CC=C1.CCCC(C)C1=[C-]CC=C1.[Cl-].[Cl-].[Zr+2].[Zr+2].c1ccc(P(c2ccccc2)c2cc3ccccc3[cH-]2)cc1.c1ccc(P(c2ccccc2)c2cc3ccccc3[cH-]2)cc1. The van der Waals surface area contributed by atoms with E-state index < -0.39 is 15.8 Å². The summed E-state index contributed by atoms with van der Waals surface area (Å²) in [5.74, 6) is 1.45. The summed E-state index contributed by atoms with van der Waals surface area (Å²) in [7, 11) is -0.986. The van der Waals surface area contributed by atoms with Crippen LogP contribution in [0.2, 0.25) is 0 Å². The van der Waals surface area contributed by atoms with Crippen LogP contribution in [0.1, 0.15) is 66.2 Å². The molecule has 10 rings (SSSR count). The van der Waals surface area contributed by atoms with Gasteiger partial charge in [-0.05, 0) is 49.9 Å². The molecule has 8 aromatic rings. The Kier molecular flexibility index (Phi) is 27.6. The van der Waals surface area contributed by atoms with Crippen molar-refractivity contribution in [3.63, 3.8) is 0 Å². The second kappa shape index (κ2) is 31.8. The zero-order valence-electron chi connectivity index (χ0n) is 39.8. The van der Waals surface area contributed by atoms with E-state index in [1.54, 1.807) is 0 Å². The van der Waals surface area contributed by atoms with Gasteiger partial charge in [-0.1, -0.05) is 186 Å². The third-order valence-corrected chi connectivity index (χ3v) is 16.5. The van der Waals surface area contributed by atoms with E-state index >= 15 is 0 Å². The van der Waals surface area contributed by atoms with Gasteiger partial charge in [0.1, 0.15) is 0 Å². The fourth-order valence-corrected chi connectivity index (χ4v) is 13.2. The Morgan fingerprint density at radius 3 is 1.00 bits per heavy atom.